The molecule has 5 heterocycles. The molecule has 6 aromatic rings. The molecule has 8 N–H and O–H groups in total. The highest BCUT2D eigenvalue weighted by Gasteiger charge is 2.18. The number of halogens is 2. The minimum absolute atomic E-state index is 0.0375. The molecule has 0 spiro atoms. The van der Waals surface area contributed by atoms with E-state index < -0.39 is 5.91 Å². The summed E-state index contributed by atoms with van der Waals surface area (Å²) < 4.78 is 12.1. The molecule has 0 atom stereocenters. The number of amides is 2. The number of ether oxygens (including phenoxy) is 2. The van der Waals surface area contributed by atoms with Crippen LogP contribution in [0.5, 0.6) is 21.6 Å². The molecule has 306 valence electrons. The summed E-state index contributed by atoms with van der Waals surface area (Å²) in [6.07, 6.45) is 2.56. The Bertz CT molecular complexity index is 2440. The van der Waals surface area contributed by atoms with Gasteiger partial charge in [0.2, 0.25) is 0 Å². The van der Waals surface area contributed by atoms with Gasteiger partial charge in [-0.05, 0) is 87.6 Å². The summed E-state index contributed by atoms with van der Waals surface area (Å²) >= 11 is 16.0. The SMILES string of the molecule is CCN(CC)Cc1ccc(Oc2ccc(Cl)c3cc(C(=O)NC(N)=NC)[nH]c23)s1.CN=C(N)NC(=O)c1cc2c(Cl)cc(Oc3ccc(CN4CCCC4)s3)cc2[nH]1. The lowest BCUT2D eigenvalue weighted by Crippen LogP contribution is -2.36. The Morgan fingerprint density at radius 1 is 0.793 bits per heavy atom. The van der Waals surface area contributed by atoms with E-state index in [0.717, 1.165) is 41.7 Å². The minimum atomic E-state index is -0.399. The highest BCUT2D eigenvalue weighted by atomic mass is 35.5. The lowest BCUT2D eigenvalue weighted by molar-refractivity contribution is 0.0964. The maximum Gasteiger partial charge on any atom is 0.274 e. The molecule has 2 amide bonds. The maximum atomic E-state index is 12.3. The number of carbonyl (C=O) groups is 2. The summed E-state index contributed by atoms with van der Waals surface area (Å²) in [5.41, 5.74) is 13.1. The van der Waals surface area contributed by atoms with Gasteiger partial charge in [0.25, 0.3) is 11.8 Å². The number of benzene rings is 2. The van der Waals surface area contributed by atoms with Gasteiger partial charge in [0, 0.05) is 59.8 Å². The van der Waals surface area contributed by atoms with Crippen LogP contribution in [0.25, 0.3) is 21.8 Å². The van der Waals surface area contributed by atoms with Crippen LogP contribution in [0.4, 0.5) is 0 Å². The second kappa shape index (κ2) is 19.6. The van der Waals surface area contributed by atoms with E-state index in [-0.39, 0.29) is 17.8 Å². The fourth-order valence-corrected chi connectivity index (χ4v) is 8.55. The first-order valence-electron chi connectivity index (χ1n) is 18.6. The van der Waals surface area contributed by atoms with Crippen molar-refractivity contribution >= 4 is 91.4 Å². The standard InChI is InChI=1S/C20H22ClN5O2S.C20H24ClN5O2S/c1-23-20(22)25-19(27)17-10-14-15(21)8-12(9-16(14)24-17)28-18-5-4-13(29-18)11-26-6-2-3-7-26;1-4-26(5-2)11-12-6-9-17(29-12)28-16-8-7-14(21)13-10-15(24-18(13)16)19(27)25-20(22)23-3/h4-5,8-10,24H,2-3,6-7,11H2,1H3,(H3,22,23,25,27);6-10,24H,4-5,11H2,1-3H3,(H3,22,23,25,27). The molecule has 1 aliphatic heterocycles. The molecular weight excluding hydrogens is 820 g/mol. The van der Waals surface area contributed by atoms with Crippen LogP contribution in [0.1, 0.15) is 57.4 Å². The number of nitrogens with zero attached hydrogens (tertiary/aromatic N) is 4. The fraction of sp³-hybridized carbons (Fsp3) is 0.300. The second-order valence-electron chi connectivity index (χ2n) is 13.3. The van der Waals surface area contributed by atoms with Crippen molar-refractivity contribution in [2.45, 2.75) is 39.8 Å². The van der Waals surface area contributed by atoms with E-state index in [1.807, 2.05) is 18.2 Å². The molecule has 1 aliphatic rings. The second-order valence-corrected chi connectivity index (χ2v) is 16.4. The number of aliphatic imine (C=N–C) groups is 2. The van der Waals surface area contributed by atoms with Crippen LogP contribution in [0.3, 0.4) is 0 Å². The van der Waals surface area contributed by atoms with Gasteiger partial charge in [-0.1, -0.05) is 37.0 Å². The summed E-state index contributed by atoms with van der Waals surface area (Å²) in [6.45, 7) is 10.5. The Balaban J connectivity index is 0.000000196. The Kier molecular flexibility index (Phi) is 14.3. The summed E-state index contributed by atoms with van der Waals surface area (Å²) in [6, 6.07) is 18.6. The van der Waals surface area contributed by atoms with E-state index in [1.165, 1.54) is 49.8 Å². The van der Waals surface area contributed by atoms with Gasteiger partial charge in [0.05, 0.1) is 21.1 Å². The van der Waals surface area contributed by atoms with Crippen LogP contribution in [-0.4, -0.2) is 83.8 Å². The summed E-state index contributed by atoms with van der Waals surface area (Å²) in [7, 11) is 3.00. The van der Waals surface area contributed by atoms with Gasteiger partial charge in [-0.25, -0.2) is 0 Å². The molecule has 2 aromatic carbocycles. The minimum Gasteiger partial charge on any atom is -0.447 e. The number of hydrogen-bond acceptors (Lipinski definition) is 10. The average Bonchev–Trinajstić information content (AvgIpc) is 4.07. The van der Waals surface area contributed by atoms with Crippen molar-refractivity contribution in [3.63, 3.8) is 0 Å². The van der Waals surface area contributed by atoms with Crippen LogP contribution in [-0.2, 0) is 13.1 Å². The zero-order chi connectivity index (χ0) is 41.3. The number of aromatic nitrogens is 2. The van der Waals surface area contributed by atoms with Crippen molar-refractivity contribution in [3.05, 3.63) is 91.9 Å². The molecule has 7 rings (SSSR count). The van der Waals surface area contributed by atoms with Crippen molar-refractivity contribution < 1.29 is 19.1 Å². The lowest BCUT2D eigenvalue weighted by atomic mass is 10.2. The first-order chi connectivity index (χ1) is 28.0. The smallest absolute Gasteiger partial charge is 0.274 e. The number of nitrogens with two attached hydrogens (primary N) is 2. The number of likely N-dealkylation sites (tertiary alicyclic amines) is 1. The number of guanidine groups is 2. The van der Waals surface area contributed by atoms with Crippen molar-refractivity contribution in [2.75, 3.05) is 40.3 Å². The van der Waals surface area contributed by atoms with Gasteiger partial charge < -0.3 is 30.9 Å². The number of thiophene rings is 2. The number of carbonyl (C=O) groups excluding carboxylic acids is 2. The molecule has 0 bridgehead atoms. The topological polar surface area (TPSA) is 191 Å². The Labute approximate surface area is 354 Å². The molecule has 0 saturated carbocycles. The van der Waals surface area contributed by atoms with E-state index in [2.05, 4.69) is 66.4 Å². The average molecular weight is 866 g/mol. The number of H-pyrrole nitrogens is 2. The third-order valence-corrected chi connectivity index (χ3v) is 11.9. The normalized spacial score (nSPS) is 13.6. The van der Waals surface area contributed by atoms with E-state index in [9.17, 15) is 9.59 Å². The van der Waals surface area contributed by atoms with Crippen molar-refractivity contribution in [2.24, 2.45) is 21.5 Å². The Hall–Kier alpha value is -5.10. The van der Waals surface area contributed by atoms with Crippen molar-refractivity contribution in [1.29, 1.82) is 0 Å². The number of hydrogen-bond donors (Lipinski definition) is 6. The third kappa shape index (κ3) is 10.7. The number of aromatic amines is 2. The first kappa shape index (κ1) is 42.5. The van der Waals surface area contributed by atoms with Gasteiger partial charge in [0.1, 0.15) is 17.1 Å². The molecule has 0 aliphatic carbocycles. The fourth-order valence-electron chi connectivity index (χ4n) is 6.24. The molecule has 0 unspecified atom stereocenters. The van der Waals surface area contributed by atoms with Crippen molar-refractivity contribution in [1.82, 2.24) is 30.4 Å². The van der Waals surface area contributed by atoms with E-state index in [4.69, 9.17) is 44.1 Å². The number of rotatable bonds is 12. The van der Waals surface area contributed by atoms with Gasteiger partial charge in [-0.15, -0.1) is 22.7 Å². The van der Waals surface area contributed by atoms with Gasteiger partial charge in [0.15, 0.2) is 27.8 Å². The van der Waals surface area contributed by atoms with Gasteiger partial charge in [-0.2, -0.15) is 0 Å². The first-order valence-corrected chi connectivity index (χ1v) is 21.0. The number of fused-ring (bicyclic) bond motifs is 2. The van der Waals surface area contributed by atoms with E-state index in [1.54, 1.807) is 53.0 Å². The molecule has 0 radical (unpaired) electrons. The van der Waals surface area contributed by atoms with Crippen LogP contribution in [0, 0.1) is 0 Å². The quantitative estimate of drug-likeness (QED) is 0.0525. The number of nitrogens with one attached hydrogen (secondary N) is 4. The molecule has 18 heteroatoms. The molecule has 1 saturated heterocycles. The van der Waals surface area contributed by atoms with Gasteiger partial charge in [-0.3, -0.25) is 40.0 Å². The lowest BCUT2D eigenvalue weighted by Gasteiger charge is -2.16. The summed E-state index contributed by atoms with van der Waals surface area (Å²) in [4.78, 5) is 45.5. The predicted molar refractivity (Wildman–Crippen MR) is 237 cm³/mol. The molecule has 1 fully saturated rings. The zero-order valence-corrected chi connectivity index (χ0v) is 35.7. The highest BCUT2D eigenvalue weighted by Crippen LogP contribution is 2.38. The van der Waals surface area contributed by atoms with Crippen LogP contribution in [0.15, 0.2) is 70.6 Å². The van der Waals surface area contributed by atoms with Crippen LogP contribution in [0.2, 0.25) is 10.0 Å². The van der Waals surface area contributed by atoms with Crippen molar-refractivity contribution in [3.8, 4) is 21.6 Å². The monoisotopic (exact) mass is 864 g/mol. The summed E-state index contributed by atoms with van der Waals surface area (Å²) in [5, 5.41) is 9.03. The molecule has 4 aromatic heterocycles. The molecule has 14 nitrogen and oxygen atoms in total. The molecular formula is C40H46Cl2N10O4S2. The Morgan fingerprint density at radius 2 is 1.40 bits per heavy atom. The largest absolute Gasteiger partial charge is 0.447 e. The van der Waals surface area contributed by atoms with Gasteiger partial charge >= 0.3 is 0 Å². The van der Waals surface area contributed by atoms with E-state index in [0.29, 0.717) is 49.4 Å². The summed E-state index contributed by atoms with van der Waals surface area (Å²) in [5.74, 6) is 0.510. The highest BCUT2D eigenvalue weighted by molar-refractivity contribution is 7.14. The van der Waals surface area contributed by atoms with Crippen LogP contribution < -0.4 is 31.6 Å². The maximum absolute atomic E-state index is 12.3. The van der Waals surface area contributed by atoms with E-state index >= 15 is 0 Å². The Morgan fingerprint density at radius 3 is 2.05 bits per heavy atom. The third-order valence-electron chi connectivity index (χ3n) is 9.37. The zero-order valence-electron chi connectivity index (χ0n) is 32.6. The predicted octanol–water partition coefficient (Wildman–Crippen LogP) is 8.14. The van der Waals surface area contributed by atoms with Crippen LogP contribution >= 0.6 is 45.9 Å². The molecule has 58 heavy (non-hydrogen) atoms.